The second-order valence-electron chi connectivity index (χ2n) is 10.2. The lowest BCUT2D eigenvalue weighted by atomic mass is 10.0. The summed E-state index contributed by atoms with van der Waals surface area (Å²) >= 11 is 3.61. The molecule has 1 aliphatic rings. The molecule has 2 aromatic carbocycles. The summed E-state index contributed by atoms with van der Waals surface area (Å²) in [6.07, 6.45) is 8.38. The molecular formula is C30H35BrN9O2P. The first-order valence-electron chi connectivity index (χ1n) is 13.8. The highest BCUT2D eigenvalue weighted by Gasteiger charge is 2.23. The second-order valence-corrected chi connectivity index (χ2v) is 13.2. The molecule has 3 heterocycles. The molecule has 4 N–H and O–H groups in total. The largest absolute Gasteiger partial charge is 0.494 e. The average molecular weight is 665 g/mol. The number of nitrogens with one attached hydrogen (secondary N) is 4. The van der Waals surface area contributed by atoms with Crippen LogP contribution in [-0.4, -0.2) is 79.4 Å². The zero-order chi connectivity index (χ0) is 30.5. The molecule has 1 unspecified atom stereocenters. The van der Waals surface area contributed by atoms with Crippen molar-refractivity contribution >= 4 is 80.8 Å². The van der Waals surface area contributed by atoms with E-state index < -0.39 is 7.92 Å². The Morgan fingerprint density at radius 3 is 2.70 bits per heavy atom. The van der Waals surface area contributed by atoms with Gasteiger partial charge in [0.2, 0.25) is 5.95 Å². The molecule has 0 radical (unpaired) electrons. The van der Waals surface area contributed by atoms with Gasteiger partial charge < -0.3 is 35.7 Å². The van der Waals surface area contributed by atoms with Crippen LogP contribution in [0.4, 0.5) is 28.8 Å². The third kappa shape index (κ3) is 6.71. The van der Waals surface area contributed by atoms with Crippen LogP contribution in [0, 0.1) is 5.41 Å². The normalized spacial score (nSPS) is 15.5. The van der Waals surface area contributed by atoms with Crippen molar-refractivity contribution in [3.63, 3.8) is 0 Å². The van der Waals surface area contributed by atoms with Gasteiger partial charge in [-0.15, -0.1) is 0 Å². The van der Waals surface area contributed by atoms with Crippen LogP contribution < -0.4 is 30.9 Å². The van der Waals surface area contributed by atoms with E-state index in [-0.39, 0.29) is 6.10 Å². The number of anilines is 5. The van der Waals surface area contributed by atoms with Crippen LogP contribution in [0.3, 0.4) is 0 Å². The van der Waals surface area contributed by atoms with Crippen LogP contribution in [0.25, 0.3) is 16.6 Å². The summed E-state index contributed by atoms with van der Waals surface area (Å²) in [7, 11) is 2.96. The molecule has 1 aliphatic heterocycles. The zero-order valence-electron chi connectivity index (χ0n) is 24.8. The van der Waals surface area contributed by atoms with Gasteiger partial charge in [0.05, 0.1) is 41.0 Å². The lowest BCUT2D eigenvalue weighted by molar-refractivity contribution is 0.0532. The van der Waals surface area contributed by atoms with Gasteiger partial charge in [-0.05, 0) is 54.4 Å². The first-order valence-corrected chi connectivity index (χ1v) is 16.8. The van der Waals surface area contributed by atoms with Gasteiger partial charge in [-0.3, -0.25) is 9.97 Å². The van der Waals surface area contributed by atoms with Gasteiger partial charge in [0.25, 0.3) is 0 Å². The Labute approximate surface area is 260 Å². The maximum absolute atomic E-state index is 8.12. The fraction of sp³-hybridized carbons (Fsp3) is 0.300. The Morgan fingerprint density at radius 1 is 1.16 bits per heavy atom. The Hall–Kier alpha value is -3.86. The number of hydrogen-bond donors (Lipinski definition) is 4. The van der Waals surface area contributed by atoms with Crippen LogP contribution in [0.2, 0.25) is 0 Å². The van der Waals surface area contributed by atoms with E-state index >= 15 is 0 Å². The highest BCUT2D eigenvalue weighted by molar-refractivity contribution is 9.10. The maximum Gasteiger partial charge on any atom is 0.229 e. The summed E-state index contributed by atoms with van der Waals surface area (Å²) in [5.41, 5.74) is 5.90. The Kier molecular flexibility index (Phi) is 9.69. The van der Waals surface area contributed by atoms with Gasteiger partial charge in [0, 0.05) is 85.0 Å². The average Bonchev–Trinajstić information content (AvgIpc) is 3.01. The number of fused-ring (bicyclic) bond motifs is 1. The predicted molar refractivity (Wildman–Crippen MR) is 181 cm³/mol. The molecule has 224 valence electrons. The molecule has 13 heteroatoms. The van der Waals surface area contributed by atoms with Crippen molar-refractivity contribution in [2.75, 3.05) is 62.7 Å². The van der Waals surface area contributed by atoms with E-state index in [1.807, 2.05) is 37.5 Å². The van der Waals surface area contributed by atoms with Crippen molar-refractivity contribution in [2.24, 2.45) is 0 Å². The first-order chi connectivity index (χ1) is 20.8. The van der Waals surface area contributed by atoms with E-state index in [0.717, 1.165) is 51.9 Å². The number of methoxy groups -OCH3 is 1. The fourth-order valence-corrected chi connectivity index (χ4v) is 6.56. The molecule has 0 spiro atoms. The van der Waals surface area contributed by atoms with E-state index in [4.69, 9.17) is 19.9 Å². The van der Waals surface area contributed by atoms with Gasteiger partial charge in [-0.1, -0.05) is 7.92 Å². The van der Waals surface area contributed by atoms with Crippen LogP contribution in [0.15, 0.2) is 53.5 Å². The van der Waals surface area contributed by atoms with E-state index in [1.165, 1.54) is 6.21 Å². The van der Waals surface area contributed by atoms with Gasteiger partial charge >= 0.3 is 0 Å². The van der Waals surface area contributed by atoms with Crippen LogP contribution in [0.1, 0.15) is 12.5 Å². The molecule has 1 saturated heterocycles. The fourth-order valence-electron chi connectivity index (χ4n) is 5.06. The highest BCUT2D eigenvalue weighted by atomic mass is 79.9. The number of ether oxygens (including phenoxy) is 2. The highest BCUT2D eigenvalue weighted by Crippen LogP contribution is 2.39. The number of aromatic nitrogens is 4. The number of allylic oxidation sites excluding steroid dienone is 1. The molecule has 0 bridgehead atoms. The van der Waals surface area contributed by atoms with Crippen molar-refractivity contribution in [3.05, 3.63) is 59.1 Å². The monoisotopic (exact) mass is 663 g/mol. The number of hydrogen-bond acceptors (Lipinski definition) is 11. The minimum absolute atomic E-state index is 0.0938. The summed E-state index contributed by atoms with van der Waals surface area (Å²) in [5.74, 6) is 1.62. The third-order valence-electron chi connectivity index (χ3n) is 6.97. The summed E-state index contributed by atoms with van der Waals surface area (Å²) < 4.78 is 12.3. The van der Waals surface area contributed by atoms with Crippen molar-refractivity contribution in [1.29, 1.82) is 5.41 Å². The van der Waals surface area contributed by atoms with Crippen molar-refractivity contribution in [3.8, 4) is 5.75 Å². The van der Waals surface area contributed by atoms with Crippen LogP contribution >= 0.6 is 23.9 Å². The molecule has 0 aliphatic carbocycles. The summed E-state index contributed by atoms with van der Waals surface area (Å²) in [5, 5.41) is 19.2. The van der Waals surface area contributed by atoms with Gasteiger partial charge in [0.1, 0.15) is 11.6 Å². The molecule has 1 atom stereocenters. The smallest absolute Gasteiger partial charge is 0.229 e. The third-order valence-corrected chi connectivity index (χ3v) is 8.90. The summed E-state index contributed by atoms with van der Waals surface area (Å²) in [6.45, 7) is 8.56. The Morgan fingerprint density at radius 2 is 1.98 bits per heavy atom. The van der Waals surface area contributed by atoms with Gasteiger partial charge in [0.15, 0.2) is 0 Å². The summed E-state index contributed by atoms with van der Waals surface area (Å²) in [6, 6.07) is 7.95. The molecule has 4 aromatic rings. The van der Waals surface area contributed by atoms with Crippen molar-refractivity contribution in [2.45, 2.75) is 13.0 Å². The standard InChI is InChI=1S/C30H35BrN9O2P/c1-18-17-40(10-11-42-18)25-13-26(41-3)24(12-20(25)19(14-32)15-33-2)38-30-36-16-21(31)29(39-30)37-23-7-6-22-27(28(23)43(4)5)35-9-8-34-22/h6-9,12-16,18,32-33H,10-11,17H2,1-5H3,(H2,36,37,38,39)/b19-15+,32-14?. The summed E-state index contributed by atoms with van der Waals surface area (Å²) in [4.78, 5) is 20.7. The lowest BCUT2D eigenvalue weighted by Gasteiger charge is -2.35. The minimum atomic E-state index is -0.499. The molecule has 5 rings (SSSR count). The maximum atomic E-state index is 8.12. The topological polar surface area (TPSA) is 133 Å². The molecule has 2 aromatic heterocycles. The van der Waals surface area contributed by atoms with E-state index in [9.17, 15) is 0 Å². The number of benzene rings is 2. The lowest BCUT2D eigenvalue weighted by Crippen LogP contribution is -2.41. The number of nitrogens with zero attached hydrogens (tertiary/aromatic N) is 5. The van der Waals surface area contributed by atoms with E-state index in [0.29, 0.717) is 34.3 Å². The molecule has 43 heavy (non-hydrogen) atoms. The SMILES string of the molecule is CN/C=C(\C=N)c1cc(Nc2ncc(Br)c(Nc3ccc4nccnc4c3P(C)C)n2)c(OC)cc1N1CCOC(C)C1. The van der Waals surface area contributed by atoms with Crippen molar-refractivity contribution in [1.82, 2.24) is 25.3 Å². The quantitative estimate of drug-likeness (QED) is 0.128. The van der Waals surface area contributed by atoms with Crippen molar-refractivity contribution < 1.29 is 9.47 Å². The molecule has 11 nitrogen and oxygen atoms in total. The van der Waals surface area contributed by atoms with E-state index in [1.54, 1.807) is 25.7 Å². The second kappa shape index (κ2) is 13.6. The van der Waals surface area contributed by atoms with Crippen LogP contribution in [0.5, 0.6) is 5.75 Å². The number of rotatable bonds is 10. The Balaban J connectivity index is 1.53. The molecule has 0 saturated carbocycles. The van der Waals surface area contributed by atoms with Gasteiger partial charge in [-0.25, -0.2) is 4.98 Å². The van der Waals surface area contributed by atoms with Gasteiger partial charge in [-0.2, -0.15) is 4.98 Å². The van der Waals surface area contributed by atoms with E-state index in [2.05, 4.69) is 72.0 Å². The molecule has 0 amide bonds. The van der Waals surface area contributed by atoms with Crippen LogP contribution in [-0.2, 0) is 4.74 Å². The molecule has 1 fully saturated rings. The number of halogens is 1. The zero-order valence-corrected chi connectivity index (χ0v) is 27.3. The Bertz CT molecular complexity index is 1670. The predicted octanol–water partition coefficient (Wildman–Crippen LogP) is 5.48. The first kappa shape index (κ1) is 30.6. The molecular weight excluding hydrogens is 629 g/mol. The number of morpholine rings is 1. The minimum Gasteiger partial charge on any atom is -0.494 e.